The van der Waals surface area contributed by atoms with Crippen molar-refractivity contribution in [2.24, 2.45) is 5.73 Å². The van der Waals surface area contributed by atoms with Gasteiger partial charge in [0.25, 0.3) is 21.8 Å². The summed E-state index contributed by atoms with van der Waals surface area (Å²) in [6.07, 6.45) is 0. The number of amides is 2. The number of nitrogens with one attached hydrogen (secondary N) is 1. The molecule has 2 amide bonds. The van der Waals surface area contributed by atoms with Crippen LogP contribution in [0.5, 0.6) is 0 Å². The molecule has 3 heterocycles. The summed E-state index contributed by atoms with van der Waals surface area (Å²) in [5.74, 6) is -1.22. The van der Waals surface area contributed by atoms with Crippen LogP contribution >= 0.6 is 22.7 Å². The Bertz CT molecular complexity index is 1030. The molecule has 0 saturated carbocycles. The number of rotatable bonds is 5. The lowest BCUT2D eigenvalue weighted by molar-refractivity contribution is 0.0731. The van der Waals surface area contributed by atoms with E-state index in [1.165, 1.54) is 21.7 Å². The van der Waals surface area contributed by atoms with E-state index in [1.807, 2.05) is 26.8 Å². The Morgan fingerprint density at radius 3 is 2.38 bits per heavy atom. The number of carbonyl (C=O) groups excluding carboxylic acids is 2. The van der Waals surface area contributed by atoms with Crippen LogP contribution in [0, 0.1) is 0 Å². The Labute approximate surface area is 177 Å². The van der Waals surface area contributed by atoms with E-state index in [9.17, 15) is 18.0 Å². The van der Waals surface area contributed by atoms with Crippen LogP contribution in [0.3, 0.4) is 0 Å². The van der Waals surface area contributed by atoms with E-state index in [0.717, 1.165) is 16.2 Å². The van der Waals surface area contributed by atoms with Gasteiger partial charge in [0.2, 0.25) is 0 Å². The average Bonchev–Trinajstić information content (AvgIpc) is 3.30. The fourth-order valence-corrected chi connectivity index (χ4v) is 6.60. The number of sulfonamides is 1. The quantitative estimate of drug-likeness (QED) is 0.715. The summed E-state index contributed by atoms with van der Waals surface area (Å²) >= 11 is 2.18. The highest BCUT2D eigenvalue weighted by atomic mass is 32.2. The number of nitrogens with two attached hydrogens (primary N) is 1. The number of nitrogens with zero attached hydrogens (tertiary/aromatic N) is 1. The molecule has 1 saturated heterocycles. The summed E-state index contributed by atoms with van der Waals surface area (Å²) < 4.78 is 32.2. The number of carbonyl (C=O) groups is 2. The maximum Gasteiger partial charge on any atom is 0.266 e. The second kappa shape index (κ2) is 8.15. The van der Waals surface area contributed by atoms with Crippen LogP contribution in [-0.2, 0) is 20.2 Å². The lowest BCUT2D eigenvalue weighted by atomic mass is 9.95. The molecule has 1 fully saturated rings. The summed E-state index contributed by atoms with van der Waals surface area (Å²) in [5.41, 5.74) is 5.30. The highest BCUT2D eigenvalue weighted by molar-refractivity contribution is 7.91. The Hall–Kier alpha value is -1.79. The molecule has 29 heavy (non-hydrogen) atoms. The minimum absolute atomic E-state index is 0.0252. The molecule has 0 unspecified atom stereocenters. The summed E-state index contributed by atoms with van der Waals surface area (Å²) in [6, 6.07) is 4.82. The summed E-state index contributed by atoms with van der Waals surface area (Å²) in [5, 5.41) is 2.77. The molecule has 1 aliphatic heterocycles. The molecule has 0 aliphatic carbocycles. The van der Waals surface area contributed by atoms with Gasteiger partial charge in [0.05, 0.1) is 23.7 Å². The van der Waals surface area contributed by atoms with E-state index >= 15 is 0 Å². The number of morpholine rings is 1. The standard InChI is InChI=1S/C18H23N3O5S3/c1-18(2,3)13-5-4-12(27-13)16(23)20-17-11(15(19)22)10-14(28-17)29(24,25)21-6-8-26-9-7-21/h4-5,10H,6-9H2,1-3H3,(H2,19,22)(H,20,23). The highest BCUT2D eigenvalue weighted by Gasteiger charge is 2.30. The fourth-order valence-electron chi connectivity index (χ4n) is 2.71. The Balaban J connectivity index is 1.88. The number of hydrogen-bond donors (Lipinski definition) is 2. The van der Waals surface area contributed by atoms with Crippen LogP contribution in [0.2, 0.25) is 0 Å². The van der Waals surface area contributed by atoms with Crippen molar-refractivity contribution >= 4 is 49.5 Å². The van der Waals surface area contributed by atoms with E-state index in [2.05, 4.69) is 5.32 Å². The van der Waals surface area contributed by atoms with Crippen LogP contribution in [0.1, 0.15) is 45.7 Å². The van der Waals surface area contributed by atoms with E-state index in [1.54, 1.807) is 6.07 Å². The van der Waals surface area contributed by atoms with Crippen molar-refractivity contribution in [2.45, 2.75) is 30.4 Å². The molecule has 8 nitrogen and oxygen atoms in total. The molecule has 0 aromatic carbocycles. The van der Waals surface area contributed by atoms with Gasteiger partial charge in [0, 0.05) is 18.0 Å². The molecule has 0 radical (unpaired) electrons. The second-order valence-electron chi connectivity index (χ2n) is 7.56. The number of primary amides is 1. The SMILES string of the molecule is CC(C)(C)c1ccc(C(=O)Nc2sc(S(=O)(=O)N3CCOCC3)cc2C(N)=O)s1. The first-order valence-corrected chi connectivity index (χ1v) is 12.0. The van der Waals surface area contributed by atoms with Crippen molar-refractivity contribution in [1.29, 1.82) is 0 Å². The van der Waals surface area contributed by atoms with Gasteiger partial charge >= 0.3 is 0 Å². The number of ether oxygens (including phenoxy) is 1. The molecule has 3 rings (SSSR count). The molecule has 2 aromatic rings. The van der Waals surface area contributed by atoms with Crippen LogP contribution in [0.4, 0.5) is 5.00 Å². The van der Waals surface area contributed by atoms with Crippen LogP contribution in [-0.4, -0.2) is 50.8 Å². The van der Waals surface area contributed by atoms with Crippen LogP contribution < -0.4 is 11.1 Å². The third-order valence-corrected chi connectivity index (χ3v) is 9.24. The molecule has 0 spiro atoms. The van der Waals surface area contributed by atoms with Crippen molar-refractivity contribution in [3.8, 4) is 0 Å². The Morgan fingerprint density at radius 2 is 1.83 bits per heavy atom. The third kappa shape index (κ3) is 4.69. The zero-order chi connectivity index (χ0) is 21.4. The molecule has 11 heteroatoms. The molecule has 158 valence electrons. The largest absolute Gasteiger partial charge is 0.379 e. The zero-order valence-corrected chi connectivity index (χ0v) is 18.8. The number of anilines is 1. The van der Waals surface area contributed by atoms with Crippen LogP contribution in [0.15, 0.2) is 22.4 Å². The fraction of sp³-hybridized carbons (Fsp3) is 0.444. The molecule has 3 N–H and O–H groups in total. The van der Waals surface area contributed by atoms with Crippen molar-refractivity contribution in [3.63, 3.8) is 0 Å². The highest BCUT2D eigenvalue weighted by Crippen LogP contribution is 2.35. The first-order chi connectivity index (χ1) is 13.5. The van der Waals surface area contributed by atoms with Crippen molar-refractivity contribution < 1.29 is 22.7 Å². The molecular weight excluding hydrogens is 434 g/mol. The van der Waals surface area contributed by atoms with Crippen molar-refractivity contribution in [1.82, 2.24) is 4.31 Å². The lowest BCUT2D eigenvalue weighted by Gasteiger charge is -2.25. The molecule has 0 atom stereocenters. The first kappa shape index (κ1) is 21.9. The average molecular weight is 458 g/mol. The molecule has 1 aliphatic rings. The number of thiophene rings is 2. The minimum atomic E-state index is -3.80. The summed E-state index contributed by atoms with van der Waals surface area (Å²) in [4.78, 5) is 26.0. The minimum Gasteiger partial charge on any atom is -0.379 e. The van der Waals surface area contributed by atoms with E-state index in [0.29, 0.717) is 18.1 Å². The summed E-state index contributed by atoms with van der Waals surface area (Å²) in [7, 11) is -3.80. The monoisotopic (exact) mass is 457 g/mol. The van der Waals surface area contributed by atoms with Crippen molar-refractivity contribution in [3.05, 3.63) is 33.5 Å². The summed E-state index contributed by atoms with van der Waals surface area (Å²) in [6.45, 7) is 7.24. The van der Waals surface area contributed by atoms with Gasteiger partial charge in [-0.3, -0.25) is 9.59 Å². The lowest BCUT2D eigenvalue weighted by Crippen LogP contribution is -2.40. The smallest absolute Gasteiger partial charge is 0.266 e. The van der Waals surface area contributed by atoms with Gasteiger partial charge in [-0.15, -0.1) is 22.7 Å². The third-order valence-electron chi connectivity index (χ3n) is 4.34. The molecule has 0 bridgehead atoms. The predicted molar refractivity (Wildman–Crippen MR) is 113 cm³/mol. The van der Waals surface area contributed by atoms with E-state index < -0.39 is 21.8 Å². The van der Waals surface area contributed by atoms with Gasteiger partial charge in [-0.1, -0.05) is 20.8 Å². The van der Waals surface area contributed by atoms with Crippen LogP contribution in [0.25, 0.3) is 0 Å². The second-order valence-corrected chi connectivity index (χ2v) is 11.9. The van der Waals surface area contributed by atoms with Gasteiger partial charge in [-0.25, -0.2) is 8.42 Å². The zero-order valence-electron chi connectivity index (χ0n) is 16.4. The van der Waals surface area contributed by atoms with E-state index in [-0.39, 0.29) is 33.3 Å². The maximum absolute atomic E-state index is 12.9. The van der Waals surface area contributed by atoms with Crippen molar-refractivity contribution in [2.75, 3.05) is 31.6 Å². The number of hydrogen-bond acceptors (Lipinski definition) is 7. The Morgan fingerprint density at radius 1 is 1.17 bits per heavy atom. The van der Waals surface area contributed by atoms with Gasteiger partial charge in [0.1, 0.15) is 9.21 Å². The maximum atomic E-state index is 12.9. The van der Waals surface area contributed by atoms with Gasteiger partial charge < -0.3 is 15.8 Å². The van der Waals surface area contributed by atoms with E-state index in [4.69, 9.17) is 10.5 Å². The molecule has 2 aromatic heterocycles. The Kier molecular flexibility index (Phi) is 6.16. The first-order valence-electron chi connectivity index (χ1n) is 8.93. The van der Waals surface area contributed by atoms with Gasteiger partial charge in [-0.2, -0.15) is 4.31 Å². The normalized spacial score (nSPS) is 16.0. The topological polar surface area (TPSA) is 119 Å². The predicted octanol–water partition coefficient (Wildman–Crippen LogP) is 2.48. The molecular formula is C18H23N3O5S3. The van der Waals surface area contributed by atoms with Gasteiger partial charge in [-0.05, 0) is 23.6 Å². The van der Waals surface area contributed by atoms with Gasteiger partial charge in [0.15, 0.2) is 0 Å².